The molecule has 2 amide bonds. The van der Waals surface area contributed by atoms with E-state index in [-0.39, 0.29) is 24.3 Å². The van der Waals surface area contributed by atoms with E-state index in [1.54, 1.807) is 7.05 Å². The third kappa shape index (κ3) is 8.76. The Morgan fingerprint density at radius 1 is 0.897 bits per heavy atom. The number of rotatable bonds is 11. The van der Waals surface area contributed by atoms with Crippen LogP contribution in [0.3, 0.4) is 0 Å². The fourth-order valence-corrected chi connectivity index (χ4v) is 3.19. The van der Waals surface area contributed by atoms with Gasteiger partial charge < -0.3 is 14.4 Å². The molecule has 29 heavy (non-hydrogen) atoms. The van der Waals surface area contributed by atoms with Gasteiger partial charge in [-0.05, 0) is 30.6 Å². The molecule has 166 valence electrons. The van der Waals surface area contributed by atoms with Crippen molar-refractivity contribution in [1.29, 1.82) is 0 Å². The van der Waals surface area contributed by atoms with E-state index in [2.05, 4.69) is 19.8 Å². The number of hydrogen-bond acceptors (Lipinski definition) is 5. The molecule has 0 saturated heterocycles. The van der Waals surface area contributed by atoms with Crippen LogP contribution in [0.1, 0.15) is 54.4 Å². The zero-order valence-electron chi connectivity index (χ0n) is 19.2. The van der Waals surface area contributed by atoms with E-state index in [4.69, 9.17) is 15.9 Å². The molecule has 2 unspecified atom stereocenters. The van der Waals surface area contributed by atoms with Crippen molar-refractivity contribution in [2.24, 2.45) is 17.8 Å². The minimum atomic E-state index is -0.791. The average molecular weight is 411 g/mol. The highest BCUT2D eigenvalue weighted by molar-refractivity contribution is 5.89. The molecule has 7 heteroatoms. The number of esters is 1. The van der Waals surface area contributed by atoms with E-state index in [9.17, 15) is 14.4 Å². The molecule has 0 aromatic rings. The summed E-state index contributed by atoms with van der Waals surface area (Å²) in [6.45, 7) is 11.8. The van der Waals surface area contributed by atoms with Crippen molar-refractivity contribution in [3.8, 4) is 12.3 Å². The molecule has 0 N–H and O–H groups in total. The Labute approximate surface area is 176 Å². The van der Waals surface area contributed by atoms with Gasteiger partial charge in [-0.1, -0.05) is 47.5 Å². The Hall–Kier alpha value is -2.23. The van der Waals surface area contributed by atoms with Crippen molar-refractivity contribution >= 4 is 18.0 Å². The van der Waals surface area contributed by atoms with Gasteiger partial charge in [-0.15, -0.1) is 6.42 Å². The number of carbonyl (C=O) groups excluding carboxylic acids is 3. The fraction of sp³-hybridized carbons (Fsp3) is 0.773. The van der Waals surface area contributed by atoms with E-state index in [0.717, 1.165) is 12.8 Å². The Bertz CT molecular complexity index is 580. The van der Waals surface area contributed by atoms with Crippen LogP contribution in [0.2, 0.25) is 0 Å². The first-order valence-electron chi connectivity index (χ1n) is 10.2. The van der Waals surface area contributed by atoms with Crippen molar-refractivity contribution in [3.63, 3.8) is 0 Å². The van der Waals surface area contributed by atoms with Gasteiger partial charge in [0.15, 0.2) is 6.61 Å². The summed E-state index contributed by atoms with van der Waals surface area (Å²) in [5.74, 6) is 1.65. The van der Waals surface area contributed by atoms with E-state index in [0.29, 0.717) is 12.5 Å². The van der Waals surface area contributed by atoms with Crippen molar-refractivity contribution in [2.45, 2.75) is 66.5 Å². The zero-order valence-corrected chi connectivity index (χ0v) is 19.2. The number of carbonyl (C=O) groups is 3. The molecule has 0 aromatic heterocycles. The number of ether oxygens (including phenoxy) is 2. The van der Waals surface area contributed by atoms with E-state index < -0.39 is 24.1 Å². The topological polar surface area (TPSA) is 76.2 Å². The molecule has 0 spiro atoms. The van der Waals surface area contributed by atoms with Gasteiger partial charge in [0.2, 0.25) is 5.91 Å². The van der Waals surface area contributed by atoms with Crippen LogP contribution in [0, 0.1) is 30.1 Å². The summed E-state index contributed by atoms with van der Waals surface area (Å²) < 4.78 is 10.4. The summed E-state index contributed by atoms with van der Waals surface area (Å²) in [6, 6.07) is -1.53. The lowest BCUT2D eigenvalue weighted by Gasteiger charge is -2.36. The van der Waals surface area contributed by atoms with Crippen LogP contribution in [0.15, 0.2) is 0 Å². The molecule has 0 saturated carbocycles. The third-order valence-electron chi connectivity index (χ3n) is 4.68. The quantitative estimate of drug-likeness (QED) is 0.297. The molecular weight excluding hydrogens is 372 g/mol. The van der Waals surface area contributed by atoms with Gasteiger partial charge >= 0.3 is 12.1 Å². The Balaban J connectivity index is 5.31. The summed E-state index contributed by atoms with van der Waals surface area (Å²) in [6.07, 6.45) is 6.19. The number of hydrogen-bond donors (Lipinski definition) is 0. The number of likely N-dealkylation sites (N-methyl/N-ethyl adjacent to an activating group) is 2. The third-order valence-corrected chi connectivity index (χ3v) is 4.68. The Kier molecular flexibility index (Phi) is 12.1. The minimum absolute atomic E-state index is 0.145. The van der Waals surface area contributed by atoms with Gasteiger partial charge in [-0.3, -0.25) is 9.69 Å². The number of terminal acetylenes is 1. The largest absolute Gasteiger partial charge is 0.464 e. The van der Waals surface area contributed by atoms with E-state index in [1.807, 2.05) is 27.7 Å². The monoisotopic (exact) mass is 410 g/mol. The van der Waals surface area contributed by atoms with E-state index in [1.165, 1.54) is 16.8 Å². The first-order chi connectivity index (χ1) is 13.4. The molecule has 0 rings (SSSR count). The predicted molar refractivity (Wildman–Crippen MR) is 113 cm³/mol. The van der Waals surface area contributed by atoms with Crippen LogP contribution in [0.5, 0.6) is 0 Å². The van der Waals surface area contributed by atoms with Crippen LogP contribution >= 0.6 is 0 Å². The Morgan fingerprint density at radius 2 is 1.45 bits per heavy atom. The summed E-state index contributed by atoms with van der Waals surface area (Å²) in [4.78, 5) is 40.7. The molecule has 0 aliphatic carbocycles. The van der Waals surface area contributed by atoms with Crippen molar-refractivity contribution < 1.29 is 23.9 Å². The predicted octanol–water partition coefficient (Wildman–Crippen LogP) is 3.18. The maximum atomic E-state index is 13.2. The van der Waals surface area contributed by atoms with Gasteiger partial charge in [-0.25, -0.2) is 9.59 Å². The summed E-state index contributed by atoms with van der Waals surface area (Å²) >= 11 is 0. The second-order valence-electron chi connectivity index (χ2n) is 8.40. The molecule has 0 fully saturated rings. The highest BCUT2D eigenvalue weighted by Crippen LogP contribution is 2.19. The fourth-order valence-electron chi connectivity index (χ4n) is 3.19. The molecule has 0 heterocycles. The molecule has 0 aromatic carbocycles. The SMILES string of the molecule is C#CCOC(=O)N(C)C(C(=O)N(C)C(C(=O)OCCCC(C)C)C(C)C)C(C)C. The molecule has 2 atom stereocenters. The maximum Gasteiger partial charge on any atom is 0.411 e. The highest BCUT2D eigenvalue weighted by atomic mass is 16.6. The summed E-state index contributed by atoms with van der Waals surface area (Å²) in [5.41, 5.74) is 0. The number of nitrogens with zero attached hydrogens (tertiary/aromatic N) is 2. The smallest absolute Gasteiger partial charge is 0.411 e. The van der Waals surface area contributed by atoms with Crippen molar-refractivity contribution in [2.75, 3.05) is 27.3 Å². The van der Waals surface area contributed by atoms with Crippen molar-refractivity contribution in [1.82, 2.24) is 9.80 Å². The Morgan fingerprint density at radius 3 is 1.90 bits per heavy atom. The second-order valence-corrected chi connectivity index (χ2v) is 8.40. The van der Waals surface area contributed by atoms with Crippen LogP contribution in [-0.2, 0) is 19.1 Å². The van der Waals surface area contributed by atoms with Gasteiger partial charge in [0.05, 0.1) is 6.61 Å². The minimum Gasteiger partial charge on any atom is -0.464 e. The van der Waals surface area contributed by atoms with E-state index >= 15 is 0 Å². The van der Waals surface area contributed by atoms with Crippen LogP contribution < -0.4 is 0 Å². The number of amides is 2. The van der Waals surface area contributed by atoms with Gasteiger partial charge in [0, 0.05) is 14.1 Å². The van der Waals surface area contributed by atoms with Gasteiger partial charge in [0.25, 0.3) is 0 Å². The van der Waals surface area contributed by atoms with Gasteiger partial charge in [0.1, 0.15) is 12.1 Å². The molecular formula is C22H38N2O5. The first-order valence-corrected chi connectivity index (χ1v) is 10.2. The lowest BCUT2D eigenvalue weighted by Crippen LogP contribution is -2.56. The van der Waals surface area contributed by atoms with Crippen LogP contribution in [-0.4, -0.2) is 67.2 Å². The van der Waals surface area contributed by atoms with Crippen molar-refractivity contribution in [3.05, 3.63) is 0 Å². The second kappa shape index (κ2) is 13.1. The normalized spacial score (nSPS) is 13.0. The molecule has 0 radical (unpaired) electrons. The summed E-state index contributed by atoms with van der Waals surface area (Å²) in [7, 11) is 3.06. The molecule has 0 bridgehead atoms. The average Bonchev–Trinajstić information content (AvgIpc) is 2.62. The van der Waals surface area contributed by atoms with Gasteiger partial charge in [-0.2, -0.15) is 0 Å². The van der Waals surface area contributed by atoms with Crippen LogP contribution in [0.25, 0.3) is 0 Å². The molecule has 7 nitrogen and oxygen atoms in total. The standard InChI is InChI=1S/C22H38N2O5/c1-10-13-29-22(27)24(9)18(16(4)5)20(25)23(8)19(17(6)7)21(26)28-14-11-12-15(2)3/h1,15-19H,11-14H2,2-9H3. The van der Waals surface area contributed by atoms with Crippen LogP contribution in [0.4, 0.5) is 4.79 Å². The lowest BCUT2D eigenvalue weighted by atomic mass is 9.98. The lowest BCUT2D eigenvalue weighted by molar-refractivity contribution is -0.158. The first kappa shape index (κ1) is 26.8. The zero-order chi connectivity index (χ0) is 22.7. The summed E-state index contributed by atoms with van der Waals surface area (Å²) in [5, 5.41) is 0. The maximum absolute atomic E-state index is 13.2. The highest BCUT2D eigenvalue weighted by Gasteiger charge is 2.38. The molecule has 0 aliphatic heterocycles. The molecule has 0 aliphatic rings.